The zero-order chi connectivity index (χ0) is 8.27. The summed E-state index contributed by atoms with van der Waals surface area (Å²) in [6, 6.07) is 0. The molecule has 0 amide bonds. The summed E-state index contributed by atoms with van der Waals surface area (Å²) >= 11 is 0. The Morgan fingerprint density at radius 2 is 2.00 bits per heavy atom. The van der Waals surface area contributed by atoms with Crippen molar-refractivity contribution in [2.75, 3.05) is 0 Å². The van der Waals surface area contributed by atoms with E-state index in [1.807, 2.05) is 0 Å². The quantitative estimate of drug-likeness (QED) is 0.577. The zero-order valence-electron chi connectivity index (χ0n) is 8.27. The van der Waals surface area contributed by atoms with Crippen LogP contribution in [-0.4, -0.2) is 0 Å². The van der Waals surface area contributed by atoms with Gasteiger partial charge in [0.05, 0.1) is 0 Å². The molecule has 0 aromatic heterocycles. The highest BCUT2D eigenvalue weighted by atomic mass is 14.4. The Morgan fingerprint density at radius 3 is 2.36 bits per heavy atom. The molecule has 0 heteroatoms. The van der Waals surface area contributed by atoms with Crippen LogP contribution in [0.2, 0.25) is 0 Å². The largest absolute Gasteiger partial charge is 0.0654 e. The van der Waals surface area contributed by atoms with Crippen molar-refractivity contribution >= 4 is 0 Å². The summed E-state index contributed by atoms with van der Waals surface area (Å²) in [4.78, 5) is 0. The molecule has 2 atom stereocenters. The summed E-state index contributed by atoms with van der Waals surface area (Å²) in [5, 5.41) is 0. The molecule has 0 nitrogen and oxygen atoms in total. The van der Waals surface area contributed by atoms with E-state index in [1.165, 1.54) is 32.1 Å². The first kappa shape index (κ1) is 9.09. The van der Waals surface area contributed by atoms with Crippen LogP contribution in [0.3, 0.4) is 0 Å². The molecule has 0 aliphatic heterocycles. The van der Waals surface area contributed by atoms with Gasteiger partial charge in [-0.1, -0.05) is 40.0 Å². The molecule has 1 rings (SSSR count). The van der Waals surface area contributed by atoms with Crippen LogP contribution >= 0.6 is 0 Å². The topological polar surface area (TPSA) is 0 Å². The van der Waals surface area contributed by atoms with Crippen LogP contribution in [0.4, 0.5) is 0 Å². The Morgan fingerprint density at radius 1 is 1.27 bits per heavy atom. The van der Waals surface area contributed by atoms with Crippen molar-refractivity contribution in [2.24, 2.45) is 17.8 Å². The lowest BCUT2D eigenvalue weighted by Crippen LogP contribution is -2.29. The minimum Gasteiger partial charge on any atom is -0.0654 e. The lowest BCUT2D eigenvalue weighted by Gasteiger charge is -2.39. The van der Waals surface area contributed by atoms with Crippen molar-refractivity contribution in [3.05, 3.63) is 0 Å². The summed E-state index contributed by atoms with van der Waals surface area (Å²) in [6.45, 7) is 7.05. The highest BCUT2D eigenvalue weighted by Crippen LogP contribution is 2.42. The molecule has 0 N–H and O–H groups in total. The van der Waals surface area contributed by atoms with Gasteiger partial charge in [0.2, 0.25) is 0 Å². The van der Waals surface area contributed by atoms with E-state index in [0.29, 0.717) is 0 Å². The number of rotatable bonds is 4. The smallest absolute Gasteiger partial charge is 0.0363 e. The van der Waals surface area contributed by atoms with E-state index in [0.717, 1.165) is 17.8 Å². The van der Waals surface area contributed by atoms with Gasteiger partial charge in [-0.2, -0.15) is 0 Å². The van der Waals surface area contributed by atoms with Gasteiger partial charge < -0.3 is 0 Å². The minimum absolute atomic E-state index is 0.936. The summed E-state index contributed by atoms with van der Waals surface area (Å²) in [6.07, 6.45) is 7.35. The second-order valence-electron chi connectivity index (χ2n) is 4.39. The molecule has 0 aromatic rings. The lowest BCUT2D eigenvalue weighted by atomic mass is 9.66. The molecule has 0 bridgehead atoms. The first-order valence-corrected chi connectivity index (χ1v) is 5.25. The van der Waals surface area contributed by atoms with E-state index in [1.54, 1.807) is 0 Å². The van der Waals surface area contributed by atoms with E-state index in [4.69, 9.17) is 0 Å². The third-order valence-electron chi connectivity index (χ3n) is 3.26. The Hall–Kier alpha value is 0. The second kappa shape index (κ2) is 4.13. The van der Waals surface area contributed by atoms with Gasteiger partial charge in [0, 0.05) is 0 Å². The maximum Gasteiger partial charge on any atom is -0.0363 e. The van der Waals surface area contributed by atoms with Crippen LogP contribution in [-0.2, 0) is 0 Å². The lowest BCUT2D eigenvalue weighted by molar-refractivity contribution is 0.111. The van der Waals surface area contributed by atoms with Gasteiger partial charge >= 0.3 is 0 Å². The second-order valence-corrected chi connectivity index (χ2v) is 4.39. The monoisotopic (exact) mass is 154 g/mol. The summed E-state index contributed by atoms with van der Waals surface area (Å²) in [7, 11) is 0. The molecule has 0 saturated heterocycles. The Balaban J connectivity index is 2.15. The normalized spacial score (nSPS) is 30.5. The molecule has 2 unspecified atom stereocenters. The van der Waals surface area contributed by atoms with Crippen LogP contribution in [0.25, 0.3) is 0 Å². The predicted octanol–water partition coefficient (Wildman–Crippen LogP) is 3.86. The number of unbranched alkanes of at least 4 members (excludes halogenated alkanes) is 1. The van der Waals surface area contributed by atoms with Gasteiger partial charge in [-0.3, -0.25) is 0 Å². The first-order chi connectivity index (χ1) is 5.25. The fourth-order valence-electron chi connectivity index (χ4n) is 2.30. The number of hydrogen-bond acceptors (Lipinski definition) is 0. The fraction of sp³-hybridized carbons (Fsp3) is 1.00. The summed E-state index contributed by atoms with van der Waals surface area (Å²) in [5.41, 5.74) is 0. The molecular formula is C11H22. The van der Waals surface area contributed by atoms with Crippen LogP contribution in [0.15, 0.2) is 0 Å². The van der Waals surface area contributed by atoms with Crippen LogP contribution in [0.5, 0.6) is 0 Å². The van der Waals surface area contributed by atoms with Crippen LogP contribution in [0.1, 0.15) is 52.9 Å². The van der Waals surface area contributed by atoms with E-state index >= 15 is 0 Å². The van der Waals surface area contributed by atoms with Crippen molar-refractivity contribution in [2.45, 2.75) is 52.9 Å². The summed E-state index contributed by atoms with van der Waals surface area (Å²) < 4.78 is 0. The average molecular weight is 154 g/mol. The fourth-order valence-corrected chi connectivity index (χ4v) is 2.30. The molecule has 1 aliphatic rings. The maximum atomic E-state index is 2.38. The van der Waals surface area contributed by atoms with Gasteiger partial charge in [0.25, 0.3) is 0 Å². The molecule has 66 valence electrons. The first-order valence-electron chi connectivity index (χ1n) is 5.25. The standard InChI is InChI=1S/C11H22/c1-4-5-6-10-7-8-11(10)9(2)3/h9-11H,4-8H2,1-3H3. The van der Waals surface area contributed by atoms with Crippen molar-refractivity contribution in [1.82, 2.24) is 0 Å². The predicted molar refractivity (Wildman–Crippen MR) is 50.6 cm³/mol. The van der Waals surface area contributed by atoms with Crippen LogP contribution < -0.4 is 0 Å². The van der Waals surface area contributed by atoms with E-state index < -0.39 is 0 Å². The van der Waals surface area contributed by atoms with Gasteiger partial charge in [-0.15, -0.1) is 0 Å². The van der Waals surface area contributed by atoms with Gasteiger partial charge in [-0.25, -0.2) is 0 Å². The highest BCUT2D eigenvalue weighted by Gasteiger charge is 2.31. The maximum absolute atomic E-state index is 2.38. The highest BCUT2D eigenvalue weighted by molar-refractivity contribution is 4.82. The Labute approximate surface area is 71.4 Å². The molecule has 0 aromatic carbocycles. The molecule has 1 fully saturated rings. The zero-order valence-corrected chi connectivity index (χ0v) is 8.27. The molecule has 0 radical (unpaired) electrons. The average Bonchev–Trinajstić information content (AvgIpc) is 1.84. The number of hydrogen-bond donors (Lipinski definition) is 0. The Bertz CT molecular complexity index is 105. The third kappa shape index (κ3) is 2.21. The van der Waals surface area contributed by atoms with Crippen LogP contribution in [0, 0.1) is 17.8 Å². The molecule has 0 spiro atoms. The molecule has 0 heterocycles. The molecular weight excluding hydrogens is 132 g/mol. The van der Waals surface area contributed by atoms with Crippen molar-refractivity contribution < 1.29 is 0 Å². The molecule has 1 saturated carbocycles. The van der Waals surface area contributed by atoms with Crippen molar-refractivity contribution in [3.63, 3.8) is 0 Å². The van der Waals surface area contributed by atoms with Crippen molar-refractivity contribution in [3.8, 4) is 0 Å². The minimum atomic E-state index is 0.936. The van der Waals surface area contributed by atoms with E-state index in [-0.39, 0.29) is 0 Å². The van der Waals surface area contributed by atoms with Gasteiger partial charge in [-0.05, 0) is 30.6 Å². The van der Waals surface area contributed by atoms with Crippen molar-refractivity contribution in [1.29, 1.82) is 0 Å². The Kier molecular flexibility index (Phi) is 3.42. The molecule has 1 aliphatic carbocycles. The van der Waals surface area contributed by atoms with E-state index in [9.17, 15) is 0 Å². The van der Waals surface area contributed by atoms with Gasteiger partial charge in [0.1, 0.15) is 0 Å². The summed E-state index contributed by atoms with van der Waals surface area (Å²) in [5.74, 6) is 3.10. The molecule has 11 heavy (non-hydrogen) atoms. The SMILES string of the molecule is CCCCC1CCC1C(C)C. The van der Waals surface area contributed by atoms with Gasteiger partial charge in [0.15, 0.2) is 0 Å². The van der Waals surface area contributed by atoms with E-state index in [2.05, 4.69) is 20.8 Å². The third-order valence-corrected chi connectivity index (χ3v) is 3.26.